The highest BCUT2D eigenvalue weighted by molar-refractivity contribution is 9.10. The topological polar surface area (TPSA) is 86.4 Å². The number of halogens is 1. The van der Waals surface area contributed by atoms with Gasteiger partial charge in [0.05, 0.1) is 22.2 Å². The summed E-state index contributed by atoms with van der Waals surface area (Å²) < 4.78 is 0.725. The summed E-state index contributed by atoms with van der Waals surface area (Å²) in [5.41, 5.74) is 3.86. The van der Waals surface area contributed by atoms with Crippen molar-refractivity contribution in [1.29, 1.82) is 0 Å². The van der Waals surface area contributed by atoms with Crippen molar-refractivity contribution >= 4 is 44.7 Å². The van der Waals surface area contributed by atoms with Crippen molar-refractivity contribution in [2.75, 3.05) is 19.6 Å². The van der Waals surface area contributed by atoms with E-state index in [-0.39, 0.29) is 18.4 Å². The maximum absolute atomic E-state index is 12.8. The average Bonchev–Trinajstić information content (AvgIpc) is 3.28. The molecule has 7 nitrogen and oxygen atoms in total. The quantitative estimate of drug-likeness (QED) is 0.579. The summed E-state index contributed by atoms with van der Waals surface area (Å²) in [5, 5.41) is 0. The van der Waals surface area contributed by atoms with Crippen molar-refractivity contribution < 1.29 is 14.4 Å². The monoisotopic (exact) mass is 480 g/mol. The van der Waals surface area contributed by atoms with Gasteiger partial charge in [-0.05, 0) is 55.7 Å². The molecule has 0 atom stereocenters. The van der Waals surface area contributed by atoms with Gasteiger partial charge >= 0.3 is 0 Å². The summed E-state index contributed by atoms with van der Waals surface area (Å²) in [4.78, 5) is 49.0. The van der Waals surface area contributed by atoms with Gasteiger partial charge in [-0.15, -0.1) is 0 Å². The molecular formula is C23H21BrN4O3. The van der Waals surface area contributed by atoms with Crippen LogP contribution in [0.15, 0.2) is 40.9 Å². The predicted octanol–water partition coefficient (Wildman–Crippen LogP) is 3.64. The molecule has 0 aliphatic carbocycles. The number of amides is 3. The molecule has 158 valence electrons. The Morgan fingerprint density at radius 1 is 1.10 bits per heavy atom. The third kappa shape index (κ3) is 3.54. The van der Waals surface area contributed by atoms with Crippen molar-refractivity contribution in [2.24, 2.45) is 0 Å². The van der Waals surface area contributed by atoms with Gasteiger partial charge in [-0.25, -0.2) is 4.98 Å². The van der Waals surface area contributed by atoms with Crippen molar-refractivity contribution in [3.05, 3.63) is 63.4 Å². The van der Waals surface area contributed by atoms with Gasteiger partial charge in [-0.1, -0.05) is 22.0 Å². The average molecular weight is 481 g/mol. The number of imide groups is 1. The number of aromatic nitrogens is 2. The zero-order chi connectivity index (χ0) is 21.7. The zero-order valence-corrected chi connectivity index (χ0v) is 18.6. The number of benzene rings is 2. The van der Waals surface area contributed by atoms with E-state index in [0.29, 0.717) is 24.2 Å². The van der Waals surface area contributed by atoms with Crippen LogP contribution in [-0.4, -0.2) is 57.1 Å². The second-order valence-corrected chi connectivity index (χ2v) is 9.10. The lowest BCUT2D eigenvalue weighted by Gasteiger charge is -2.32. The van der Waals surface area contributed by atoms with E-state index in [1.165, 1.54) is 5.56 Å². The number of nitrogens with zero attached hydrogens (tertiary/aromatic N) is 3. The van der Waals surface area contributed by atoms with Crippen LogP contribution in [0.3, 0.4) is 0 Å². The number of aromatic amines is 1. The molecule has 0 saturated carbocycles. The molecule has 5 rings (SSSR count). The smallest absolute Gasteiger partial charge is 0.262 e. The number of aryl methyl sites for hydroxylation is 1. The van der Waals surface area contributed by atoms with Gasteiger partial charge in [0.2, 0.25) is 5.91 Å². The first-order valence-electron chi connectivity index (χ1n) is 10.3. The molecule has 0 spiro atoms. The Kier molecular flexibility index (Phi) is 4.89. The van der Waals surface area contributed by atoms with Crippen LogP contribution in [0.2, 0.25) is 0 Å². The first kappa shape index (κ1) is 19.9. The van der Waals surface area contributed by atoms with E-state index >= 15 is 0 Å². The third-order valence-electron chi connectivity index (χ3n) is 6.12. The van der Waals surface area contributed by atoms with E-state index in [1.54, 1.807) is 23.1 Å². The third-order valence-corrected chi connectivity index (χ3v) is 6.61. The fourth-order valence-corrected chi connectivity index (χ4v) is 4.74. The van der Waals surface area contributed by atoms with Gasteiger partial charge in [-0.2, -0.15) is 0 Å². The van der Waals surface area contributed by atoms with Crippen molar-refractivity contribution in [3.8, 4) is 0 Å². The van der Waals surface area contributed by atoms with Gasteiger partial charge < -0.3 is 9.88 Å². The van der Waals surface area contributed by atoms with E-state index < -0.39 is 11.8 Å². The van der Waals surface area contributed by atoms with Gasteiger partial charge in [0.25, 0.3) is 11.8 Å². The number of rotatable bonds is 3. The van der Waals surface area contributed by atoms with Crippen LogP contribution in [0.25, 0.3) is 11.0 Å². The minimum atomic E-state index is -0.415. The van der Waals surface area contributed by atoms with Crippen molar-refractivity contribution in [2.45, 2.75) is 25.7 Å². The SMILES string of the molecule is Cc1ccc2nc(C3CCN(C(=O)CN4C(=O)c5ccc(Br)cc5C4=O)CC3)[nH]c2c1. The second-order valence-electron chi connectivity index (χ2n) is 8.18. The van der Waals surface area contributed by atoms with Crippen LogP contribution >= 0.6 is 15.9 Å². The number of fused-ring (bicyclic) bond motifs is 2. The molecule has 3 aromatic rings. The van der Waals surface area contributed by atoms with Crippen LogP contribution in [0.5, 0.6) is 0 Å². The predicted molar refractivity (Wildman–Crippen MR) is 119 cm³/mol. The molecule has 31 heavy (non-hydrogen) atoms. The van der Waals surface area contributed by atoms with Crippen LogP contribution < -0.4 is 0 Å². The maximum Gasteiger partial charge on any atom is 0.262 e. The minimum absolute atomic E-state index is 0.202. The van der Waals surface area contributed by atoms with Crippen LogP contribution in [-0.2, 0) is 4.79 Å². The summed E-state index contributed by atoms with van der Waals surface area (Å²) in [6.07, 6.45) is 1.58. The lowest BCUT2D eigenvalue weighted by Crippen LogP contribution is -2.45. The number of H-pyrrole nitrogens is 1. The molecule has 2 aliphatic rings. The first-order valence-corrected chi connectivity index (χ1v) is 11.1. The normalized spacial score (nSPS) is 17.0. The number of hydrogen-bond acceptors (Lipinski definition) is 4. The molecule has 0 radical (unpaired) electrons. The van der Waals surface area contributed by atoms with Gasteiger partial charge in [0.1, 0.15) is 12.4 Å². The molecule has 0 bridgehead atoms. The number of likely N-dealkylation sites (tertiary alicyclic amines) is 1. The van der Waals surface area contributed by atoms with Gasteiger partial charge in [0, 0.05) is 23.5 Å². The number of carbonyl (C=O) groups excluding carboxylic acids is 3. The summed E-state index contributed by atoms with van der Waals surface area (Å²) in [5.74, 6) is 0.190. The number of imidazole rings is 1. The Balaban J connectivity index is 1.23. The van der Waals surface area contributed by atoms with E-state index in [0.717, 1.165) is 39.1 Å². The van der Waals surface area contributed by atoms with E-state index in [9.17, 15) is 14.4 Å². The summed E-state index contributed by atoms with van der Waals surface area (Å²) >= 11 is 3.32. The van der Waals surface area contributed by atoms with E-state index in [1.807, 2.05) is 12.1 Å². The van der Waals surface area contributed by atoms with E-state index in [4.69, 9.17) is 4.98 Å². The molecule has 8 heteroatoms. The lowest BCUT2D eigenvalue weighted by atomic mass is 9.96. The molecule has 1 aromatic heterocycles. The fourth-order valence-electron chi connectivity index (χ4n) is 4.38. The molecule has 1 fully saturated rings. The maximum atomic E-state index is 12.8. The molecule has 2 aliphatic heterocycles. The van der Waals surface area contributed by atoms with Crippen molar-refractivity contribution in [1.82, 2.24) is 19.8 Å². The molecule has 1 N–H and O–H groups in total. The zero-order valence-electron chi connectivity index (χ0n) is 17.0. The summed E-state index contributed by atoms with van der Waals surface area (Å²) in [7, 11) is 0. The minimum Gasteiger partial charge on any atom is -0.342 e. The number of hydrogen-bond donors (Lipinski definition) is 1. The van der Waals surface area contributed by atoms with Gasteiger partial charge in [-0.3, -0.25) is 19.3 Å². The summed E-state index contributed by atoms with van der Waals surface area (Å²) in [6.45, 7) is 2.98. The second kappa shape index (κ2) is 7.60. The van der Waals surface area contributed by atoms with Gasteiger partial charge in [0.15, 0.2) is 0 Å². The number of carbonyl (C=O) groups is 3. The standard InChI is InChI=1S/C23H21BrN4O3/c1-13-2-5-18-19(10-13)26-21(25-18)14-6-8-27(9-7-14)20(29)12-28-22(30)16-4-3-15(24)11-17(16)23(28)31/h2-5,10-11,14H,6-9,12H2,1H3,(H,25,26). The molecule has 3 amide bonds. The van der Waals surface area contributed by atoms with Crippen LogP contribution in [0.1, 0.15) is 50.9 Å². The molecular weight excluding hydrogens is 460 g/mol. The fraction of sp³-hybridized carbons (Fsp3) is 0.304. The Hall–Kier alpha value is -3.00. The number of piperidine rings is 1. The Labute approximate surface area is 187 Å². The molecule has 0 unspecified atom stereocenters. The van der Waals surface area contributed by atoms with Crippen molar-refractivity contribution in [3.63, 3.8) is 0 Å². The lowest BCUT2D eigenvalue weighted by molar-refractivity contribution is -0.132. The highest BCUT2D eigenvalue weighted by atomic mass is 79.9. The Bertz CT molecular complexity index is 1230. The highest BCUT2D eigenvalue weighted by Gasteiger charge is 2.38. The molecule has 2 aromatic carbocycles. The largest absolute Gasteiger partial charge is 0.342 e. The van der Waals surface area contributed by atoms with Crippen LogP contribution in [0, 0.1) is 6.92 Å². The molecule has 3 heterocycles. The van der Waals surface area contributed by atoms with Crippen LogP contribution in [0.4, 0.5) is 0 Å². The number of nitrogens with one attached hydrogen (secondary N) is 1. The first-order chi connectivity index (χ1) is 14.9. The highest BCUT2D eigenvalue weighted by Crippen LogP contribution is 2.29. The Morgan fingerprint density at radius 3 is 2.61 bits per heavy atom. The van der Waals surface area contributed by atoms with E-state index in [2.05, 4.69) is 33.9 Å². The Morgan fingerprint density at radius 2 is 1.84 bits per heavy atom. The molecule has 1 saturated heterocycles. The summed E-state index contributed by atoms with van der Waals surface area (Å²) in [6, 6.07) is 11.1.